The summed E-state index contributed by atoms with van der Waals surface area (Å²) in [4.78, 5) is 13.1. The lowest BCUT2D eigenvalue weighted by Crippen LogP contribution is -2.33. The lowest BCUT2D eigenvalue weighted by Gasteiger charge is -2.17. The van der Waals surface area contributed by atoms with Gasteiger partial charge in [0, 0.05) is 19.3 Å². The highest BCUT2D eigenvalue weighted by molar-refractivity contribution is 5.89. The smallest absolute Gasteiger partial charge is 0.321 e. The maximum atomic E-state index is 11.6. The zero-order chi connectivity index (χ0) is 12.1. The molecule has 0 aromatic heterocycles. The van der Waals surface area contributed by atoms with E-state index in [0.717, 1.165) is 11.3 Å². The molecular weight excluding hydrogens is 204 g/mol. The molecule has 1 aromatic rings. The van der Waals surface area contributed by atoms with Gasteiger partial charge in [-0.2, -0.15) is 0 Å². The molecule has 1 rings (SSSR count). The molecule has 2 N–H and O–H groups in total. The fraction of sp³-hybridized carbons (Fsp3) is 0.417. The molecule has 0 saturated carbocycles. The maximum absolute atomic E-state index is 11.6. The molecule has 0 fully saturated rings. The van der Waals surface area contributed by atoms with Crippen molar-refractivity contribution in [2.45, 2.75) is 13.8 Å². The number of likely N-dealkylation sites (N-methyl/N-ethyl adjacent to an activating group) is 1. The van der Waals surface area contributed by atoms with E-state index in [-0.39, 0.29) is 12.6 Å². The van der Waals surface area contributed by atoms with Gasteiger partial charge in [0.25, 0.3) is 0 Å². The monoisotopic (exact) mass is 222 g/mol. The Kier molecular flexibility index (Phi) is 4.31. The zero-order valence-electron chi connectivity index (χ0n) is 9.95. The lowest BCUT2D eigenvalue weighted by molar-refractivity contribution is 0.202. The van der Waals surface area contributed by atoms with E-state index in [4.69, 9.17) is 5.11 Å². The molecule has 4 heteroatoms. The number of urea groups is 1. The van der Waals surface area contributed by atoms with Gasteiger partial charge in [-0.1, -0.05) is 17.7 Å². The number of nitrogens with one attached hydrogen (secondary N) is 1. The quantitative estimate of drug-likeness (QED) is 0.818. The second-order valence-electron chi connectivity index (χ2n) is 3.89. The lowest BCUT2D eigenvalue weighted by atomic mass is 10.1. The van der Waals surface area contributed by atoms with E-state index in [2.05, 4.69) is 5.32 Å². The van der Waals surface area contributed by atoms with Crippen molar-refractivity contribution in [3.8, 4) is 0 Å². The fourth-order valence-electron chi connectivity index (χ4n) is 1.42. The van der Waals surface area contributed by atoms with Crippen LogP contribution in [0.25, 0.3) is 0 Å². The van der Waals surface area contributed by atoms with E-state index in [1.165, 1.54) is 10.5 Å². The van der Waals surface area contributed by atoms with Crippen molar-refractivity contribution < 1.29 is 9.90 Å². The van der Waals surface area contributed by atoms with Crippen LogP contribution < -0.4 is 5.32 Å². The molecule has 4 nitrogen and oxygen atoms in total. The number of hydrogen-bond acceptors (Lipinski definition) is 2. The number of hydrogen-bond donors (Lipinski definition) is 2. The topological polar surface area (TPSA) is 52.6 Å². The highest BCUT2D eigenvalue weighted by Gasteiger charge is 2.08. The number of carbonyl (C=O) groups excluding carboxylic acids is 1. The first-order valence-corrected chi connectivity index (χ1v) is 5.25. The third kappa shape index (κ3) is 3.24. The van der Waals surface area contributed by atoms with Gasteiger partial charge in [0.1, 0.15) is 0 Å². The Morgan fingerprint density at radius 2 is 2.12 bits per heavy atom. The van der Waals surface area contributed by atoms with Gasteiger partial charge < -0.3 is 15.3 Å². The molecule has 0 radical (unpaired) electrons. The minimum atomic E-state index is -0.207. The van der Waals surface area contributed by atoms with Gasteiger partial charge in [-0.25, -0.2) is 4.79 Å². The van der Waals surface area contributed by atoms with Crippen LogP contribution >= 0.6 is 0 Å². The second-order valence-corrected chi connectivity index (χ2v) is 3.89. The number of carbonyl (C=O) groups is 1. The number of anilines is 1. The van der Waals surface area contributed by atoms with Gasteiger partial charge in [0.05, 0.1) is 6.61 Å². The van der Waals surface area contributed by atoms with Gasteiger partial charge in [0.15, 0.2) is 0 Å². The molecule has 0 aliphatic rings. The SMILES string of the molecule is Cc1ccc(NC(=O)N(C)CCO)c(C)c1. The minimum absolute atomic E-state index is 0.0310. The molecule has 0 atom stereocenters. The van der Waals surface area contributed by atoms with Crippen LogP contribution in [0.2, 0.25) is 0 Å². The van der Waals surface area contributed by atoms with Gasteiger partial charge in [-0.15, -0.1) is 0 Å². The number of aliphatic hydroxyl groups excluding tert-OH is 1. The summed E-state index contributed by atoms with van der Waals surface area (Å²) in [5.41, 5.74) is 3.00. The summed E-state index contributed by atoms with van der Waals surface area (Å²) in [6, 6.07) is 5.65. The van der Waals surface area contributed by atoms with Gasteiger partial charge in [0.2, 0.25) is 0 Å². The van der Waals surface area contributed by atoms with Crippen molar-refractivity contribution in [1.82, 2.24) is 4.90 Å². The van der Waals surface area contributed by atoms with E-state index in [1.54, 1.807) is 7.05 Å². The first kappa shape index (κ1) is 12.5. The Hall–Kier alpha value is -1.55. The molecule has 1 aromatic carbocycles. The minimum Gasteiger partial charge on any atom is -0.395 e. The Morgan fingerprint density at radius 1 is 1.44 bits per heavy atom. The van der Waals surface area contributed by atoms with Gasteiger partial charge in [-0.05, 0) is 25.5 Å². The second kappa shape index (κ2) is 5.51. The number of rotatable bonds is 3. The van der Waals surface area contributed by atoms with Gasteiger partial charge in [-0.3, -0.25) is 0 Å². The number of aliphatic hydroxyl groups is 1. The predicted molar refractivity (Wildman–Crippen MR) is 64.7 cm³/mol. The van der Waals surface area contributed by atoms with Crippen molar-refractivity contribution in [3.05, 3.63) is 29.3 Å². The molecule has 0 spiro atoms. The summed E-state index contributed by atoms with van der Waals surface area (Å²) in [6.07, 6.45) is 0. The van der Waals surface area contributed by atoms with E-state index in [9.17, 15) is 4.79 Å². The van der Waals surface area contributed by atoms with Crippen LogP contribution in [0.15, 0.2) is 18.2 Å². The largest absolute Gasteiger partial charge is 0.395 e. The van der Waals surface area contributed by atoms with Crippen molar-refractivity contribution >= 4 is 11.7 Å². The standard InChI is InChI=1S/C12H18N2O2/c1-9-4-5-11(10(2)8-9)13-12(16)14(3)6-7-15/h4-5,8,15H,6-7H2,1-3H3,(H,13,16). The first-order valence-electron chi connectivity index (χ1n) is 5.25. The van der Waals surface area contributed by atoms with Crippen LogP contribution in [0, 0.1) is 13.8 Å². The number of amides is 2. The molecule has 88 valence electrons. The third-order valence-electron chi connectivity index (χ3n) is 2.41. The molecule has 16 heavy (non-hydrogen) atoms. The number of aryl methyl sites for hydroxylation is 2. The Morgan fingerprint density at radius 3 is 2.69 bits per heavy atom. The van der Waals surface area contributed by atoms with Crippen LogP contribution in [0.5, 0.6) is 0 Å². The molecule has 0 bridgehead atoms. The highest BCUT2D eigenvalue weighted by atomic mass is 16.3. The molecule has 0 heterocycles. The van der Waals surface area contributed by atoms with Crippen LogP contribution in [-0.4, -0.2) is 36.2 Å². The third-order valence-corrected chi connectivity index (χ3v) is 2.41. The first-order chi connectivity index (χ1) is 7.54. The Bertz CT molecular complexity index is 377. The highest BCUT2D eigenvalue weighted by Crippen LogP contribution is 2.16. The molecule has 0 aliphatic heterocycles. The predicted octanol–water partition coefficient (Wildman–Crippen LogP) is 1.76. The Labute approximate surface area is 95.9 Å². The van der Waals surface area contributed by atoms with E-state index in [0.29, 0.717) is 6.54 Å². The average Bonchev–Trinajstić information content (AvgIpc) is 2.22. The van der Waals surface area contributed by atoms with Gasteiger partial charge >= 0.3 is 6.03 Å². The normalized spacial score (nSPS) is 10.0. The van der Waals surface area contributed by atoms with Crippen molar-refractivity contribution in [2.75, 3.05) is 25.5 Å². The number of benzene rings is 1. The van der Waals surface area contributed by atoms with E-state index in [1.807, 2.05) is 32.0 Å². The van der Waals surface area contributed by atoms with Crippen LogP contribution in [0.1, 0.15) is 11.1 Å². The van der Waals surface area contributed by atoms with Crippen molar-refractivity contribution in [1.29, 1.82) is 0 Å². The van der Waals surface area contributed by atoms with Crippen LogP contribution in [-0.2, 0) is 0 Å². The Balaban J connectivity index is 2.69. The molecule has 0 unspecified atom stereocenters. The van der Waals surface area contributed by atoms with Crippen LogP contribution in [0.4, 0.5) is 10.5 Å². The fourth-order valence-corrected chi connectivity index (χ4v) is 1.42. The molecule has 0 saturated heterocycles. The summed E-state index contributed by atoms with van der Waals surface area (Å²) >= 11 is 0. The summed E-state index contributed by atoms with van der Waals surface area (Å²) in [6.45, 7) is 4.26. The summed E-state index contributed by atoms with van der Waals surface area (Å²) in [5, 5.41) is 11.5. The summed E-state index contributed by atoms with van der Waals surface area (Å²) in [7, 11) is 1.65. The molecule has 0 aliphatic carbocycles. The van der Waals surface area contributed by atoms with Crippen LogP contribution in [0.3, 0.4) is 0 Å². The maximum Gasteiger partial charge on any atom is 0.321 e. The van der Waals surface area contributed by atoms with E-state index < -0.39 is 0 Å². The molecule has 2 amide bonds. The van der Waals surface area contributed by atoms with E-state index >= 15 is 0 Å². The molecular formula is C12H18N2O2. The average molecular weight is 222 g/mol. The van der Waals surface area contributed by atoms with Crippen molar-refractivity contribution in [2.24, 2.45) is 0 Å². The summed E-state index contributed by atoms with van der Waals surface area (Å²) in [5.74, 6) is 0. The van der Waals surface area contributed by atoms with Crippen molar-refractivity contribution in [3.63, 3.8) is 0 Å². The summed E-state index contributed by atoms with van der Waals surface area (Å²) < 4.78 is 0. The number of nitrogens with zero attached hydrogens (tertiary/aromatic N) is 1. The zero-order valence-corrected chi connectivity index (χ0v) is 9.95.